The van der Waals surface area contributed by atoms with Crippen LogP contribution >= 0.6 is 0 Å². The second kappa shape index (κ2) is 6.87. The molecule has 1 heterocycles. The quantitative estimate of drug-likeness (QED) is 0.642. The number of rotatable bonds is 6. The lowest BCUT2D eigenvalue weighted by atomic mass is 10.1. The fraction of sp³-hybridized carbons (Fsp3) is 0.600. The van der Waals surface area contributed by atoms with E-state index in [1.807, 2.05) is 0 Å². The Bertz CT molecular complexity index is 494. The Balaban J connectivity index is 1.87. The number of nitro groups is 1. The zero-order valence-electron chi connectivity index (χ0n) is 12.4. The van der Waals surface area contributed by atoms with Gasteiger partial charge in [0.25, 0.3) is 0 Å². The molecule has 116 valence electrons. The minimum absolute atomic E-state index is 0.0580. The number of ether oxygens (including phenoxy) is 1. The Morgan fingerprint density at radius 3 is 2.81 bits per heavy atom. The lowest BCUT2D eigenvalue weighted by Gasteiger charge is -2.25. The van der Waals surface area contributed by atoms with Crippen molar-refractivity contribution in [3.05, 3.63) is 34.4 Å². The summed E-state index contributed by atoms with van der Waals surface area (Å²) in [5.41, 5.74) is -0.0761. The summed E-state index contributed by atoms with van der Waals surface area (Å²) >= 11 is 0. The number of benzene rings is 1. The maximum atomic E-state index is 10.9. The summed E-state index contributed by atoms with van der Waals surface area (Å²) < 4.78 is 5.41. The summed E-state index contributed by atoms with van der Waals surface area (Å²) in [6, 6.07) is 6.66. The van der Waals surface area contributed by atoms with E-state index in [9.17, 15) is 15.2 Å². The van der Waals surface area contributed by atoms with Gasteiger partial charge in [0.2, 0.25) is 0 Å². The Labute approximate surface area is 124 Å². The molecule has 1 aromatic carbocycles. The van der Waals surface area contributed by atoms with E-state index in [4.69, 9.17) is 4.74 Å². The van der Waals surface area contributed by atoms with Gasteiger partial charge in [-0.15, -0.1) is 0 Å². The molecular weight excluding hydrogens is 272 g/mol. The fourth-order valence-electron chi connectivity index (χ4n) is 2.67. The standard InChI is InChI=1S/C15H22N2O4/c1-11-7-8-16(12(11)2)9-13(18)10-21-15-6-4-3-5-14(15)17(19)20/h3-6,11-13,18H,7-10H2,1-2H3/t11-,12-,13+/m1/s1. The van der Waals surface area contributed by atoms with Crippen LogP contribution in [0.25, 0.3) is 0 Å². The molecule has 0 amide bonds. The van der Waals surface area contributed by atoms with Gasteiger partial charge in [-0.1, -0.05) is 19.1 Å². The molecule has 0 radical (unpaired) electrons. The second-order valence-electron chi connectivity index (χ2n) is 5.69. The first-order valence-electron chi connectivity index (χ1n) is 7.27. The van der Waals surface area contributed by atoms with Crippen molar-refractivity contribution in [1.82, 2.24) is 4.90 Å². The molecule has 21 heavy (non-hydrogen) atoms. The van der Waals surface area contributed by atoms with Crippen LogP contribution in [0.2, 0.25) is 0 Å². The van der Waals surface area contributed by atoms with Crippen molar-refractivity contribution < 1.29 is 14.8 Å². The zero-order valence-corrected chi connectivity index (χ0v) is 12.4. The van der Waals surface area contributed by atoms with E-state index in [2.05, 4.69) is 18.7 Å². The predicted molar refractivity (Wildman–Crippen MR) is 79.4 cm³/mol. The summed E-state index contributed by atoms with van der Waals surface area (Å²) in [4.78, 5) is 12.6. The van der Waals surface area contributed by atoms with E-state index in [1.54, 1.807) is 18.2 Å². The first-order chi connectivity index (χ1) is 9.99. The first-order valence-corrected chi connectivity index (χ1v) is 7.27. The largest absolute Gasteiger partial charge is 0.484 e. The topological polar surface area (TPSA) is 75.8 Å². The van der Waals surface area contributed by atoms with Crippen molar-refractivity contribution in [2.75, 3.05) is 19.7 Å². The molecule has 0 aromatic heterocycles. The molecule has 1 aliphatic rings. The third-order valence-corrected chi connectivity index (χ3v) is 4.21. The molecule has 1 aliphatic heterocycles. The molecule has 6 nitrogen and oxygen atoms in total. The molecule has 0 aliphatic carbocycles. The number of nitrogens with zero attached hydrogens (tertiary/aromatic N) is 2. The zero-order chi connectivity index (χ0) is 15.4. The molecule has 1 saturated heterocycles. The lowest BCUT2D eigenvalue weighted by Crippen LogP contribution is -2.38. The third kappa shape index (κ3) is 3.92. The number of nitro benzene ring substituents is 1. The summed E-state index contributed by atoms with van der Waals surface area (Å²) in [7, 11) is 0. The first kappa shape index (κ1) is 15.7. The number of hydrogen-bond donors (Lipinski definition) is 1. The van der Waals surface area contributed by atoms with E-state index >= 15 is 0 Å². The van der Waals surface area contributed by atoms with Crippen molar-refractivity contribution in [1.29, 1.82) is 0 Å². The van der Waals surface area contributed by atoms with E-state index in [0.717, 1.165) is 13.0 Å². The highest BCUT2D eigenvalue weighted by atomic mass is 16.6. The number of hydrogen-bond acceptors (Lipinski definition) is 5. The van der Waals surface area contributed by atoms with Crippen LogP contribution in [0.5, 0.6) is 5.75 Å². The number of likely N-dealkylation sites (tertiary alicyclic amines) is 1. The molecule has 0 spiro atoms. The van der Waals surface area contributed by atoms with Crippen LogP contribution < -0.4 is 4.74 Å². The average Bonchev–Trinajstić information content (AvgIpc) is 2.77. The van der Waals surface area contributed by atoms with Crippen molar-refractivity contribution in [2.45, 2.75) is 32.4 Å². The van der Waals surface area contributed by atoms with Crippen molar-refractivity contribution in [2.24, 2.45) is 5.92 Å². The maximum absolute atomic E-state index is 10.9. The van der Waals surface area contributed by atoms with Crippen LogP contribution in [-0.4, -0.2) is 46.8 Å². The number of aliphatic hydroxyl groups excluding tert-OH is 1. The summed E-state index contributed by atoms with van der Waals surface area (Å²) in [5, 5.41) is 20.9. The van der Waals surface area contributed by atoms with E-state index in [1.165, 1.54) is 6.07 Å². The van der Waals surface area contributed by atoms with Gasteiger partial charge in [0.05, 0.1) is 4.92 Å². The summed E-state index contributed by atoms with van der Waals surface area (Å²) in [5.74, 6) is 0.831. The minimum atomic E-state index is -0.655. The third-order valence-electron chi connectivity index (χ3n) is 4.21. The molecule has 1 N–H and O–H groups in total. The van der Waals surface area contributed by atoms with E-state index in [0.29, 0.717) is 18.5 Å². The molecule has 0 unspecified atom stereocenters. The summed E-state index contributed by atoms with van der Waals surface area (Å²) in [6.45, 7) is 5.94. The molecule has 2 rings (SSSR count). The smallest absolute Gasteiger partial charge is 0.310 e. The second-order valence-corrected chi connectivity index (χ2v) is 5.69. The monoisotopic (exact) mass is 294 g/mol. The molecular formula is C15H22N2O4. The lowest BCUT2D eigenvalue weighted by molar-refractivity contribution is -0.385. The van der Waals surface area contributed by atoms with Gasteiger partial charge in [-0.05, 0) is 31.9 Å². The van der Waals surface area contributed by atoms with Gasteiger partial charge in [-0.2, -0.15) is 0 Å². The Morgan fingerprint density at radius 1 is 1.48 bits per heavy atom. The normalized spacial score (nSPS) is 24.0. The Kier molecular flexibility index (Phi) is 5.14. The van der Waals surface area contributed by atoms with Gasteiger partial charge in [0, 0.05) is 18.7 Å². The minimum Gasteiger partial charge on any atom is -0.484 e. The molecule has 1 aromatic rings. The molecule has 3 atom stereocenters. The van der Waals surface area contributed by atoms with Crippen LogP contribution in [0.1, 0.15) is 20.3 Å². The number of β-amino-alcohol motifs (C(OH)–C–C–N with tert-alkyl or cyclic N) is 1. The number of para-hydroxylation sites is 2. The van der Waals surface area contributed by atoms with Crippen molar-refractivity contribution in [3.63, 3.8) is 0 Å². The maximum Gasteiger partial charge on any atom is 0.310 e. The highest BCUT2D eigenvalue weighted by Crippen LogP contribution is 2.26. The van der Waals surface area contributed by atoms with Gasteiger partial charge < -0.3 is 9.84 Å². The van der Waals surface area contributed by atoms with Crippen LogP contribution in [0, 0.1) is 16.0 Å². The molecule has 0 saturated carbocycles. The molecule has 1 fully saturated rings. The fourth-order valence-corrected chi connectivity index (χ4v) is 2.67. The Hall–Kier alpha value is -1.66. The van der Waals surface area contributed by atoms with Gasteiger partial charge in [0.15, 0.2) is 5.75 Å². The predicted octanol–water partition coefficient (Wildman–Crippen LogP) is 2.06. The van der Waals surface area contributed by atoms with Gasteiger partial charge in [-0.25, -0.2) is 0 Å². The van der Waals surface area contributed by atoms with Crippen LogP contribution in [0.3, 0.4) is 0 Å². The summed E-state index contributed by atoms with van der Waals surface area (Å²) in [6.07, 6.45) is 0.483. The van der Waals surface area contributed by atoms with E-state index in [-0.39, 0.29) is 18.0 Å². The van der Waals surface area contributed by atoms with Crippen molar-refractivity contribution in [3.8, 4) is 5.75 Å². The van der Waals surface area contributed by atoms with Crippen LogP contribution in [0.4, 0.5) is 5.69 Å². The van der Waals surface area contributed by atoms with Crippen LogP contribution in [0.15, 0.2) is 24.3 Å². The van der Waals surface area contributed by atoms with Crippen molar-refractivity contribution >= 4 is 5.69 Å². The number of aliphatic hydroxyl groups is 1. The highest BCUT2D eigenvalue weighted by molar-refractivity contribution is 5.45. The van der Waals surface area contributed by atoms with E-state index < -0.39 is 11.0 Å². The molecule has 6 heteroatoms. The average molecular weight is 294 g/mol. The SMILES string of the molecule is C[C@@H]1CCN(C[C@H](O)COc2ccccc2[N+](=O)[O-])[C@@H]1C. The van der Waals surface area contributed by atoms with Gasteiger partial charge in [-0.3, -0.25) is 15.0 Å². The highest BCUT2D eigenvalue weighted by Gasteiger charge is 2.28. The van der Waals surface area contributed by atoms with Gasteiger partial charge >= 0.3 is 5.69 Å². The molecule has 0 bridgehead atoms. The van der Waals surface area contributed by atoms with Crippen LogP contribution in [-0.2, 0) is 0 Å². The van der Waals surface area contributed by atoms with Gasteiger partial charge in [0.1, 0.15) is 12.7 Å². The Morgan fingerprint density at radius 2 is 2.19 bits per heavy atom.